The fraction of sp³-hybridized carbons (Fsp3) is 0.0476. The van der Waals surface area contributed by atoms with Crippen molar-refractivity contribution in [3.63, 3.8) is 0 Å². The van der Waals surface area contributed by atoms with Gasteiger partial charge >= 0.3 is 28.6 Å². The molecule has 0 unspecified atom stereocenters. The van der Waals surface area contributed by atoms with Crippen LogP contribution in [0.5, 0.6) is 0 Å². The first kappa shape index (κ1) is 22.2. The van der Waals surface area contributed by atoms with Gasteiger partial charge in [-0.2, -0.15) is 13.2 Å². The summed E-state index contributed by atoms with van der Waals surface area (Å²) in [6, 6.07) is 32.3. The molecule has 0 aliphatic heterocycles. The second-order valence-corrected chi connectivity index (χ2v) is 7.18. The minimum Gasteiger partial charge on any atom is -0.685 e. The Morgan fingerprint density at radius 3 is 1.04 bits per heavy atom. The van der Waals surface area contributed by atoms with E-state index in [-0.39, 0.29) is 22.4 Å². The molecule has 0 aliphatic rings. The Morgan fingerprint density at radius 1 is 0.615 bits per heavy atom. The Hall–Kier alpha value is -1.82. The predicted octanol–water partition coefficient (Wildman–Crippen LogP) is 4.58. The summed E-state index contributed by atoms with van der Waals surface area (Å²) in [5.41, 5.74) is 0. The molecule has 0 amide bonds. The van der Waals surface area contributed by atoms with Crippen molar-refractivity contribution in [3.05, 3.63) is 97.4 Å². The van der Waals surface area contributed by atoms with E-state index < -0.39 is 14.1 Å². The molecule has 0 fully saturated rings. The zero-order chi connectivity index (χ0) is 18.1. The van der Waals surface area contributed by atoms with Crippen LogP contribution in [-0.4, -0.2) is 6.18 Å². The van der Waals surface area contributed by atoms with E-state index in [0.717, 1.165) is 0 Å². The van der Waals surface area contributed by atoms with E-state index >= 15 is 0 Å². The Balaban J connectivity index is 0.000000422. The minimum absolute atomic E-state index is 0. The Bertz CT molecular complexity index is 704. The molecule has 0 bridgehead atoms. The molecule has 0 aromatic heterocycles. The summed E-state index contributed by atoms with van der Waals surface area (Å²) in [5, 5.41) is 4.19. The van der Waals surface area contributed by atoms with Crippen LogP contribution in [0, 0.1) is 12.3 Å². The van der Waals surface area contributed by atoms with Gasteiger partial charge in [0.1, 0.15) is 0 Å². The number of rotatable bonds is 3. The smallest absolute Gasteiger partial charge is 0.685 e. The van der Waals surface area contributed by atoms with Crippen LogP contribution in [0.2, 0.25) is 0 Å². The number of hydrogen-bond acceptors (Lipinski definition) is 0. The van der Waals surface area contributed by atoms with Gasteiger partial charge in [-0.3, -0.25) is 0 Å². The van der Waals surface area contributed by atoms with Crippen molar-refractivity contribution in [1.29, 1.82) is 0 Å². The molecular formula is C21H15AuF3P. The maximum absolute atomic E-state index is 10.5. The monoisotopic (exact) mass is 552 g/mol. The zero-order valence-corrected chi connectivity index (χ0v) is 16.6. The first-order valence-corrected chi connectivity index (χ1v) is 8.81. The van der Waals surface area contributed by atoms with E-state index in [1.807, 2.05) is 0 Å². The van der Waals surface area contributed by atoms with Gasteiger partial charge in [0.15, 0.2) is 0 Å². The van der Waals surface area contributed by atoms with E-state index in [4.69, 9.17) is 6.42 Å². The zero-order valence-electron chi connectivity index (χ0n) is 13.5. The molecular weight excluding hydrogens is 537 g/mol. The third-order valence-corrected chi connectivity index (χ3v) is 5.63. The molecule has 0 atom stereocenters. The quantitative estimate of drug-likeness (QED) is 0.193. The molecule has 136 valence electrons. The maximum atomic E-state index is 10.5. The van der Waals surface area contributed by atoms with Gasteiger partial charge < -0.3 is 6.42 Å². The normalized spacial score (nSPS) is 10.1. The van der Waals surface area contributed by atoms with Crippen LogP contribution >= 0.6 is 7.92 Å². The summed E-state index contributed by atoms with van der Waals surface area (Å²) in [4.78, 5) is 0. The fourth-order valence-corrected chi connectivity index (χ4v) is 4.48. The molecule has 0 nitrogen and oxygen atoms in total. The fourth-order valence-electron chi connectivity index (χ4n) is 2.18. The molecule has 0 spiro atoms. The van der Waals surface area contributed by atoms with Gasteiger partial charge in [0, 0.05) is 0 Å². The van der Waals surface area contributed by atoms with Gasteiger partial charge in [-0.25, -0.2) is 5.92 Å². The van der Waals surface area contributed by atoms with E-state index in [0.29, 0.717) is 5.92 Å². The van der Waals surface area contributed by atoms with Crippen molar-refractivity contribution in [2.45, 2.75) is 6.18 Å². The van der Waals surface area contributed by atoms with E-state index in [1.165, 1.54) is 15.9 Å². The number of hydrogen-bond donors (Lipinski definition) is 0. The van der Waals surface area contributed by atoms with Crippen LogP contribution in [0.4, 0.5) is 13.2 Å². The van der Waals surface area contributed by atoms with Gasteiger partial charge in [-0.1, -0.05) is 91.0 Å². The molecule has 3 rings (SSSR count). The van der Waals surface area contributed by atoms with Crippen LogP contribution in [0.25, 0.3) is 0 Å². The van der Waals surface area contributed by atoms with Gasteiger partial charge in [0.25, 0.3) is 0 Å². The van der Waals surface area contributed by atoms with Crippen molar-refractivity contribution >= 4 is 23.8 Å². The molecule has 0 N–H and O–H groups in total. The molecule has 3 aromatic rings. The molecule has 3 aromatic carbocycles. The van der Waals surface area contributed by atoms with E-state index in [1.54, 1.807) is 0 Å². The van der Waals surface area contributed by atoms with Crippen LogP contribution < -0.4 is 15.9 Å². The van der Waals surface area contributed by atoms with Crippen molar-refractivity contribution in [2.75, 3.05) is 0 Å². The van der Waals surface area contributed by atoms with Crippen LogP contribution in [0.1, 0.15) is 0 Å². The van der Waals surface area contributed by atoms with Gasteiger partial charge in [-0.05, 0) is 23.8 Å². The Labute approximate surface area is 168 Å². The largest absolute Gasteiger partial charge is 1.00 e. The number of halogens is 3. The summed E-state index contributed by atoms with van der Waals surface area (Å²) in [6.07, 6.45) is 0.938. The number of benzene rings is 3. The van der Waals surface area contributed by atoms with Crippen molar-refractivity contribution in [3.8, 4) is 5.92 Å². The average molecular weight is 552 g/mol. The third-order valence-electron chi connectivity index (χ3n) is 3.18. The summed E-state index contributed by atoms with van der Waals surface area (Å²) in [6.45, 7) is 0. The number of alkyl halides is 3. The van der Waals surface area contributed by atoms with Gasteiger partial charge in [0.05, 0.1) is 0 Å². The van der Waals surface area contributed by atoms with Gasteiger partial charge in [-0.15, -0.1) is 0 Å². The predicted molar refractivity (Wildman–Crippen MR) is 98.3 cm³/mol. The summed E-state index contributed by atoms with van der Waals surface area (Å²) in [7, 11) is -0.446. The average Bonchev–Trinajstić information content (AvgIpc) is 2.65. The maximum Gasteiger partial charge on any atom is 1.00 e. The SMILES string of the molecule is [Au+].[C-]#CC(F)(F)F.c1ccc(P(c2ccccc2)c2ccccc2)cc1. The molecule has 26 heavy (non-hydrogen) atoms. The molecule has 0 heterocycles. The first-order chi connectivity index (χ1) is 12.0. The van der Waals surface area contributed by atoms with Gasteiger partial charge in [0.2, 0.25) is 0 Å². The van der Waals surface area contributed by atoms with Crippen LogP contribution in [0.15, 0.2) is 91.0 Å². The topological polar surface area (TPSA) is 0 Å². The molecule has 0 saturated carbocycles. The third kappa shape index (κ3) is 7.20. The summed E-state index contributed by atoms with van der Waals surface area (Å²) >= 11 is 0. The molecule has 0 aliphatic carbocycles. The van der Waals surface area contributed by atoms with Crippen LogP contribution in [-0.2, 0) is 22.4 Å². The summed E-state index contributed by atoms with van der Waals surface area (Å²) in [5.74, 6) is 0.354. The second-order valence-electron chi connectivity index (χ2n) is 4.96. The second kappa shape index (κ2) is 11.0. The standard InChI is InChI=1S/C18H15P.C3F3.Au/c1-4-10-16(11-5-1)19(17-12-6-2-7-13-17)18-14-8-3-9-15-18;1-2-3(4,5)6;/h1-15H;;/q;-1;+1. The van der Waals surface area contributed by atoms with E-state index in [9.17, 15) is 13.2 Å². The molecule has 0 radical (unpaired) electrons. The first-order valence-electron chi connectivity index (χ1n) is 7.47. The molecule has 0 saturated heterocycles. The van der Waals surface area contributed by atoms with Crippen molar-refractivity contribution in [1.82, 2.24) is 0 Å². The Morgan fingerprint density at radius 2 is 0.846 bits per heavy atom. The van der Waals surface area contributed by atoms with Crippen molar-refractivity contribution < 1.29 is 35.6 Å². The Kier molecular flexibility index (Phi) is 9.41. The van der Waals surface area contributed by atoms with E-state index in [2.05, 4.69) is 91.0 Å². The van der Waals surface area contributed by atoms with Crippen LogP contribution in [0.3, 0.4) is 0 Å². The molecule has 5 heteroatoms. The minimum atomic E-state index is -4.54. The summed E-state index contributed by atoms with van der Waals surface area (Å²) < 4.78 is 31.5. The van der Waals surface area contributed by atoms with Crippen molar-refractivity contribution in [2.24, 2.45) is 0 Å².